The van der Waals surface area contributed by atoms with Crippen molar-refractivity contribution in [2.75, 3.05) is 13.1 Å². The molecule has 0 aromatic heterocycles. The topological polar surface area (TPSA) is 24.1 Å². The molecule has 1 rings (SSSR count). The van der Waals surface area contributed by atoms with Gasteiger partial charge in [-0.15, -0.1) is 0 Å². The molecule has 18 heavy (non-hydrogen) atoms. The minimum absolute atomic E-state index is 0.122. The summed E-state index contributed by atoms with van der Waals surface area (Å²) in [6, 6.07) is 5.40. The summed E-state index contributed by atoms with van der Waals surface area (Å²) in [5, 5.41) is 6.77. The fourth-order valence-electron chi connectivity index (χ4n) is 1.66. The van der Waals surface area contributed by atoms with Crippen molar-refractivity contribution < 1.29 is 4.39 Å². The number of hydrogen-bond acceptors (Lipinski definition) is 2. The zero-order valence-electron chi connectivity index (χ0n) is 11.9. The highest BCUT2D eigenvalue weighted by molar-refractivity contribution is 5.23. The van der Waals surface area contributed by atoms with Crippen molar-refractivity contribution in [3.05, 3.63) is 35.1 Å². The molecular weight excluding hydrogens is 227 g/mol. The van der Waals surface area contributed by atoms with Crippen molar-refractivity contribution in [3.63, 3.8) is 0 Å². The summed E-state index contributed by atoms with van der Waals surface area (Å²) in [4.78, 5) is 0. The first-order valence-electron chi connectivity index (χ1n) is 6.59. The molecule has 102 valence electrons. The monoisotopic (exact) mass is 252 g/mol. The summed E-state index contributed by atoms with van der Waals surface area (Å²) in [5.41, 5.74) is 1.88. The molecular formula is C15H25FN2. The minimum atomic E-state index is -0.122. The van der Waals surface area contributed by atoms with Gasteiger partial charge < -0.3 is 10.6 Å². The van der Waals surface area contributed by atoms with Crippen LogP contribution in [0.25, 0.3) is 0 Å². The van der Waals surface area contributed by atoms with Crippen molar-refractivity contribution in [2.45, 2.75) is 46.2 Å². The van der Waals surface area contributed by atoms with Crippen molar-refractivity contribution in [2.24, 2.45) is 0 Å². The van der Waals surface area contributed by atoms with Gasteiger partial charge in [-0.25, -0.2) is 4.39 Å². The van der Waals surface area contributed by atoms with Gasteiger partial charge in [-0.3, -0.25) is 0 Å². The molecule has 0 unspecified atom stereocenters. The van der Waals surface area contributed by atoms with Crippen LogP contribution in [0.2, 0.25) is 0 Å². The largest absolute Gasteiger partial charge is 0.313 e. The van der Waals surface area contributed by atoms with Crippen LogP contribution in [0.4, 0.5) is 4.39 Å². The molecule has 0 saturated carbocycles. The Balaban J connectivity index is 2.16. The van der Waals surface area contributed by atoms with E-state index in [1.807, 2.05) is 12.1 Å². The molecule has 2 nitrogen and oxygen atoms in total. The molecule has 0 spiro atoms. The van der Waals surface area contributed by atoms with Crippen LogP contribution in [0.15, 0.2) is 18.2 Å². The van der Waals surface area contributed by atoms with E-state index in [1.165, 1.54) is 0 Å². The molecule has 0 fully saturated rings. The molecule has 0 radical (unpaired) electrons. The third-order valence-corrected chi connectivity index (χ3v) is 2.75. The summed E-state index contributed by atoms with van der Waals surface area (Å²) >= 11 is 0. The maximum atomic E-state index is 13.3. The average Bonchev–Trinajstić information content (AvgIpc) is 2.26. The Kier molecular flexibility index (Phi) is 5.76. The van der Waals surface area contributed by atoms with Gasteiger partial charge in [0.15, 0.2) is 0 Å². The maximum Gasteiger partial charge on any atom is 0.126 e. The van der Waals surface area contributed by atoms with E-state index in [2.05, 4.69) is 31.4 Å². The first-order valence-corrected chi connectivity index (χ1v) is 6.59. The zero-order valence-corrected chi connectivity index (χ0v) is 11.9. The van der Waals surface area contributed by atoms with Gasteiger partial charge in [0.1, 0.15) is 5.82 Å². The Morgan fingerprint density at radius 1 is 1.17 bits per heavy atom. The number of halogens is 1. The molecule has 2 N–H and O–H groups in total. The van der Waals surface area contributed by atoms with Crippen LogP contribution in [-0.4, -0.2) is 18.6 Å². The SMILES string of the molecule is Cc1ccc(CNCCCNC(C)(C)C)cc1F. The van der Waals surface area contributed by atoms with Gasteiger partial charge in [0.05, 0.1) is 0 Å². The molecule has 3 heteroatoms. The van der Waals surface area contributed by atoms with Gasteiger partial charge >= 0.3 is 0 Å². The first kappa shape index (κ1) is 15.1. The van der Waals surface area contributed by atoms with Gasteiger partial charge in [0, 0.05) is 12.1 Å². The smallest absolute Gasteiger partial charge is 0.126 e. The lowest BCUT2D eigenvalue weighted by Gasteiger charge is -2.20. The third kappa shape index (κ3) is 6.12. The fraction of sp³-hybridized carbons (Fsp3) is 0.600. The van der Waals surface area contributed by atoms with Gasteiger partial charge in [-0.1, -0.05) is 12.1 Å². The van der Waals surface area contributed by atoms with Gasteiger partial charge in [-0.05, 0) is 64.4 Å². The number of aryl methyl sites for hydroxylation is 1. The van der Waals surface area contributed by atoms with E-state index in [0.29, 0.717) is 5.56 Å². The molecule has 0 atom stereocenters. The highest BCUT2D eigenvalue weighted by atomic mass is 19.1. The lowest BCUT2D eigenvalue weighted by atomic mass is 10.1. The van der Waals surface area contributed by atoms with Crippen LogP contribution in [0.3, 0.4) is 0 Å². The van der Waals surface area contributed by atoms with E-state index < -0.39 is 0 Å². The molecule has 1 aromatic carbocycles. The molecule has 0 heterocycles. The quantitative estimate of drug-likeness (QED) is 0.761. The van der Waals surface area contributed by atoms with E-state index in [9.17, 15) is 4.39 Å². The van der Waals surface area contributed by atoms with Gasteiger partial charge in [0.2, 0.25) is 0 Å². The maximum absolute atomic E-state index is 13.3. The second-order valence-corrected chi connectivity index (χ2v) is 5.79. The third-order valence-electron chi connectivity index (χ3n) is 2.75. The highest BCUT2D eigenvalue weighted by Gasteiger charge is 2.06. The number of benzene rings is 1. The van der Waals surface area contributed by atoms with Crippen molar-refractivity contribution in [3.8, 4) is 0 Å². The van der Waals surface area contributed by atoms with Crippen LogP contribution < -0.4 is 10.6 Å². The molecule has 0 aliphatic heterocycles. The second kappa shape index (κ2) is 6.86. The van der Waals surface area contributed by atoms with Crippen LogP contribution in [0.5, 0.6) is 0 Å². The molecule has 0 saturated heterocycles. The predicted molar refractivity (Wildman–Crippen MR) is 75.2 cm³/mol. The second-order valence-electron chi connectivity index (χ2n) is 5.79. The Hall–Kier alpha value is -0.930. The van der Waals surface area contributed by atoms with Crippen LogP contribution in [-0.2, 0) is 6.54 Å². The summed E-state index contributed by atoms with van der Waals surface area (Å²) in [6.07, 6.45) is 1.08. The molecule has 0 bridgehead atoms. The van der Waals surface area contributed by atoms with Gasteiger partial charge in [0.25, 0.3) is 0 Å². The summed E-state index contributed by atoms with van der Waals surface area (Å²) < 4.78 is 13.3. The summed E-state index contributed by atoms with van der Waals surface area (Å²) in [6.45, 7) is 10.9. The van der Waals surface area contributed by atoms with E-state index in [4.69, 9.17) is 0 Å². The standard InChI is InChI=1S/C15H25FN2/c1-12-6-7-13(10-14(12)16)11-17-8-5-9-18-15(2,3)4/h6-7,10,17-18H,5,8-9,11H2,1-4H3. The molecule has 0 amide bonds. The van der Waals surface area contributed by atoms with E-state index in [1.54, 1.807) is 13.0 Å². The van der Waals surface area contributed by atoms with Crippen molar-refractivity contribution >= 4 is 0 Å². The number of rotatable bonds is 6. The summed E-state index contributed by atoms with van der Waals surface area (Å²) in [7, 11) is 0. The highest BCUT2D eigenvalue weighted by Crippen LogP contribution is 2.08. The first-order chi connectivity index (χ1) is 8.38. The fourth-order valence-corrected chi connectivity index (χ4v) is 1.66. The zero-order chi connectivity index (χ0) is 13.6. The van der Waals surface area contributed by atoms with E-state index in [-0.39, 0.29) is 11.4 Å². The Bertz CT molecular complexity index is 369. The molecule has 0 aliphatic carbocycles. The number of nitrogens with one attached hydrogen (secondary N) is 2. The predicted octanol–water partition coefficient (Wildman–Crippen LogP) is 3.00. The normalized spacial score (nSPS) is 11.8. The number of hydrogen-bond donors (Lipinski definition) is 2. The van der Waals surface area contributed by atoms with Crippen LogP contribution in [0, 0.1) is 12.7 Å². The lowest BCUT2D eigenvalue weighted by molar-refractivity contribution is 0.418. The van der Waals surface area contributed by atoms with Crippen LogP contribution in [0.1, 0.15) is 38.3 Å². The lowest BCUT2D eigenvalue weighted by Crippen LogP contribution is -2.37. The van der Waals surface area contributed by atoms with E-state index >= 15 is 0 Å². The molecule has 1 aromatic rings. The molecule has 0 aliphatic rings. The van der Waals surface area contributed by atoms with Crippen molar-refractivity contribution in [1.82, 2.24) is 10.6 Å². The van der Waals surface area contributed by atoms with Crippen molar-refractivity contribution in [1.29, 1.82) is 0 Å². The Morgan fingerprint density at radius 2 is 1.89 bits per heavy atom. The minimum Gasteiger partial charge on any atom is -0.313 e. The average molecular weight is 252 g/mol. The summed E-state index contributed by atoms with van der Waals surface area (Å²) in [5.74, 6) is -0.122. The van der Waals surface area contributed by atoms with Gasteiger partial charge in [-0.2, -0.15) is 0 Å². The Morgan fingerprint density at radius 3 is 2.50 bits per heavy atom. The van der Waals surface area contributed by atoms with Crippen LogP contribution >= 0.6 is 0 Å². The Labute approximate surface area is 110 Å². The van der Waals surface area contributed by atoms with E-state index in [0.717, 1.165) is 31.6 Å².